The molecule has 2 aliphatic heterocycles. The van der Waals surface area contributed by atoms with E-state index in [-0.39, 0.29) is 5.97 Å². The Morgan fingerprint density at radius 2 is 1.68 bits per heavy atom. The van der Waals surface area contributed by atoms with Crippen LogP contribution in [0, 0.1) is 0 Å². The molecule has 0 spiro atoms. The van der Waals surface area contributed by atoms with Gasteiger partial charge < -0.3 is 18.8 Å². The monoisotopic (exact) mass is 346 g/mol. The minimum atomic E-state index is -0.492. The lowest BCUT2D eigenvalue weighted by atomic mass is 9.75. The molecule has 0 saturated carbocycles. The molecule has 1 aromatic carbocycles. The Balaban J connectivity index is 1.97. The number of esters is 1. The summed E-state index contributed by atoms with van der Waals surface area (Å²) in [6.45, 7) is 9.60. The van der Waals surface area contributed by atoms with Crippen molar-refractivity contribution in [3.8, 4) is 0 Å². The molecule has 2 aliphatic rings. The number of carbonyl (C=O) groups is 1. The molecule has 0 radical (unpaired) electrons. The summed E-state index contributed by atoms with van der Waals surface area (Å²) in [5.41, 5.74) is 1.69. The molecule has 0 N–H and O–H groups in total. The Kier molecular flexibility index (Phi) is 4.97. The van der Waals surface area contributed by atoms with E-state index in [1.165, 1.54) is 7.11 Å². The highest BCUT2D eigenvalue weighted by Crippen LogP contribution is 2.37. The van der Waals surface area contributed by atoms with E-state index in [0.29, 0.717) is 11.5 Å². The molecule has 5 nitrogen and oxygen atoms in total. The molecule has 136 valence electrons. The van der Waals surface area contributed by atoms with Crippen LogP contribution in [0.5, 0.6) is 0 Å². The van der Waals surface area contributed by atoms with Crippen molar-refractivity contribution in [2.45, 2.75) is 57.7 Å². The van der Waals surface area contributed by atoms with Gasteiger partial charge in [-0.1, -0.05) is 6.07 Å². The Morgan fingerprint density at radius 3 is 2.24 bits per heavy atom. The SMILES string of the molecule is COC(=O)c1cc(B2OC(C)(C)C(C)(C)O2)cc(C2CCOCC2)c1. The maximum absolute atomic E-state index is 12.1. The van der Waals surface area contributed by atoms with Crippen LogP contribution in [-0.4, -0.2) is 44.6 Å². The predicted molar refractivity (Wildman–Crippen MR) is 96.3 cm³/mol. The minimum absolute atomic E-state index is 0.341. The van der Waals surface area contributed by atoms with Crippen LogP contribution in [0.4, 0.5) is 0 Å². The number of ether oxygens (including phenoxy) is 2. The van der Waals surface area contributed by atoms with Crippen LogP contribution in [0.15, 0.2) is 18.2 Å². The minimum Gasteiger partial charge on any atom is -0.465 e. The summed E-state index contributed by atoms with van der Waals surface area (Å²) in [7, 11) is 0.908. The highest BCUT2D eigenvalue weighted by Gasteiger charge is 2.51. The molecule has 6 heteroatoms. The summed E-state index contributed by atoms with van der Waals surface area (Å²) < 4.78 is 22.7. The molecule has 0 aromatic heterocycles. The van der Waals surface area contributed by atoms with E-state index in [1.54, 1.807) is 0 Å². The van der Waals surface area contributed by atoms with Crippen molar-refractivity contribution in [2.75, 3.05) is 20.3 Å². The molecule has 2 saturated heterocycles. The molecule has 3 rings (SSSR count). The molecule has 0 unspecified atom stereocenters. The number of methoxy groups -OCH3 is 1. The van der Waals surface area contributed by atoms with Crippen LogP contribution in [0.25, 0.3) is 0 Å². The highest BCUT2D eigenvalue weighted by molar-refractivity contribution is 6.62. The smallest absolute Gasteiger partial charge is 0.465 e. The van der Waals surface area contributed by atoms with Crippen molar-refractivity contribution >= 4 is 18.6 Å². The van der Waals surface area contributed by atoms with Crippen LogP contribution < -0.4 is 5.46 Å². The number of benzene rings is 1. The van der Waals surface area contributed by atoms with Gasteiger partial charge in [0.05, 0.1) is 23.9 Å². The first-order valence-electron chi connectivity index (χ1n) is 8.90. The van der Waals surface area contributed by atoms with Gasteiger partial charge in [0, 0.05) is 13.2 Å². The van der Waals surface area contributed by atoms with Gasteiger partial charge in [0.25, 0.3) is 0 Å². The Morgan fingerprint density at radius 1 is 1.08 bits per heavy atom. The van der Waals surface area contributed by atoms with Gasteiger partial charge in [0.15, 0.2) is 0 Å². The van der Waals surface area contributed by atoms with Crippen molar-refractivity contribution in [1.29, 1.82) is 0 Å². The van der Waals surface area contributed by atoms with Gasteiger partial charge in [-0.05, 0) is 69.6 Å². The van der Waals surface area contributed by atoms with E-state index in [4.69, 9.17) is 18.8 Å². The molecule has 0 aliphatic carbocycles. The second kappa shape index (κ2) is 6.74. The Hall–Kier alpha value is -1.37. The topological polar surface area (TPSA) is 54.0 Å². The van der Waals surface area contributed by atoms with Crippen molar-refractivity contribution < 1.29 is 23.6 Å². The fourth-order valence-corrected chi connectivity index (χ4v) is 3.29. The first-order valence-corrected chi connectivity index (χ1v) is 8.90. The maximum Gasteiger partial charge on any atom is 0.494 e. The zero-order valence-electron chi connectivity index (χ0n) is 15.8. The van der Waals surface area contributed by atoms with Crippen molar-refractivity contribution in [1.82, 2.24) is 0 Å². The molecule has 0 amide bonds. The number of hydrogen-bond donors (Lipinski definition) is 0. The van der Waals surface area contributed by atoms with Gasteiger partial charge in [-0.25, -0.2) is 4.79 Å². The highest BCUT2D eigenvalue weighted by atomic mass is 16.7. The van der Waals surface area contributed by atoms with E-state index in [2.05, 4.69) is 6.07 Å². The fourth-order valence-electron chi connectivity index (χ4n) is 3.29. The van der Waals surface area contributed by atoms with Gasteiger partial charge >= 0.3 is 13.1 Å². The Bertz CT molecular complexity index is 633. The second-order valence-corrected chi connectivity index (χ2v) is 7.85. The lowest BCUT2D eigenvalue weighted by Crippen LogP contribution is -2.41. The standard InChI is InChI=1S/C19H27BO5/c1-18(2)19(3,4)25-20(24-18)16-11-14(13-6-8-23-9-7-13)10-15(12-16)17(21)22-5/h10-13H,6-9H2,1-5H3. The largest absolute Gasteiger partial charge is 0.494 e. The van der Waals surface area contributed by atoms with Gasteiger partial charge in [-0.2, -0.15) is 0 Å². The molecule has 2 fully saturated rings. The lowest BCUT2D eigenvalue weighted by molar-refractivity contribution is 0.00578. The summed E-state index contributed by atoms with van der Waals surface area (Å²) in [5, 5.41) is 0. The predicted octanol–water partition coefficient (Wildman–Crippen LogP) is 2.67. The molecule has 2 heterocycles. The normalized spacial score (nSPS) is 22.8. The van der Waals surface area contributed by atoms with E-state index in [9.17, 15) is 4.79 Å². The molecular formula is C19H27BO5. The average molecular weight is 346 g/mol. The quantitative estimate of drug-likeness (QED) is 0.622. The maximum atomic E-state index is 12.1. The first-order chi connectivity index (χ1) is 11.7. The van der Waals surface area contributed by atoms with E-state index in [0.717, 1.165) is 37.1 Å². The first kappa shape index (κ1) is 18.4. The van der Waals surface area contributed by atoms with E-state index in [1.807, 2.05) is 39.8 Å². The zero-order chi connectivity index (χ0) is 18.2. The third kappa shape index (κ3) is 3.61. The van der Waals surface area contributed by atoms with E-state index >= 15 is 0 Å². The summed E-state index contributed by atoms with van der Waals surface area (Å²) in [5.74, 6) is 0.0335. The molecule has 0 bridgehead atoms. The molecule has 0 atom stereocenters. The fraction of sp³-hybridized carbons (Fsp3) is 0.632. The molecule has 25 heavy (non-hydrogen) atoms. The zero-order valence-corrected chi connectivity index (χ0v) is 15.8. The number of carbonyl (C=O) groups excluding carboxylic acids is 1. The van der Waals surface area contributed by atoms with Crippen LogP contribution in [0.3, 0.4) is 0 Å². The number of rotatable bonds is 3. The van der Waals surface area contributed by atoms with Gasteiger partial charge in [0.1, 0.15) is 0 Å². The van der Waals surface area contributed by atoms with Crippen LogP contribution in [0.1, 0.15) is 62.4 Å². The number of hydrogen-bond acceptors (Lipinski definition) is 5. The van der Waals surface area contributed by atoms with Crippen LogP contribution in [-0.2, 0) is 18.8 Å². The third-order valence-electron chi connectivity index (χ3n) is 5.62. The summed E-state index contributed by atoms with van der Waals surface area (Å²) >= 11 is 0. The molecular weight excluding hydrogens is 319 g/mol. The van der Waals surface area contributed by atoms with Crippen LogP contribution in [0.2, 0.25) is 0 Å². The van der Waals surface area contributed by atoms with Gasteiger partial charge in [-0.3, -0.25) is 0 Å². The summed E-state index contributed by atoms with van der Waals surface area (Å²) in [6.07, 6.45) is 1.90. The summed E-state index contributed by atoms with van der Waals surface area (Å²) in [4.78, 5) is 12.1. The van der Waals surface area contributed by atoms with E-state index < -0.39 is 18.3 Å². The van der Waals surface area contributed by atoms with Crippen molar-refractivity contribution in [3.05, 3.63) is 29.3 Å². The van der Waals surface area contributed by atoms with Gasteiger partial charge in [0.2, 0.25) is 0 Å². The van der Waals surface area contributed by atoms with Crippen molar-refractivity contribution in [2.24, 2.45) is 0 Å². The van der Waals surface area contributed by atoms with Gasteiger partial charge in [-0.15, -0.1) is 0 Å². The third-order valence-corrected chi connectivity index (χ3v) is 5.62. The molecule has 1 aromatic rings. The average Bonchev–Trinajstić information content (AvgIpc) is 2.82. The lowest BCUT2D eigenvalue weighted by Gasteiger charge is -2.32. The summed E-state index contributed by atoms with van der Waals surface area (Å²) in [6, 6.07) is 5.85. The Labute approximate surface area is 150 Å². The second-order valence-electron chi connectivity index (χ2n) is 7.85. The van der Waals surface area contributed by atoms with Crippen LogP contribution >= 0.6 is 0 Å². The van der Waals surface area contributed by atoms with Crippen molar-refractivity contribution in [3.63, 3.8) is 0 Å².